The number of carbonyl (C=O) groups excluding carboxylic acids is 1. The molecule has 0 bridgehead atoms. The second kappa shape index (κ2) is 10.3. The quantitative estimate of drug-likeness (QED) is 0.289. The van der Waals surface area contributed by atoms with Crippen molar-refractivity contribution in [3.05, 3.63) is 84.6 Å². The summed E-state index contributed by atoms with van der Waals surface area (Å²) in [5.41, 5.74) is 2.80. The van der Waals surface area contributed by atoms with Crippen molar-refractivity contribution in [2.24, 2.45) is 5.92 Å². The maximum atomic E-state index is 12.7. The Hall–Kier alpha value is -3.95. The smallest absolute Gasteiger partial charge is 0.321 e. The van der Waals surface area contributed by atoms with Crippen LogP contribution in [0.5, 0.6) is 0 Å². The molecule has 4 aromatic rings. The molecule has 1 heterocycles. The summed E-state index contributed by atoms with van der Waals surface area (Å²) < 4.78 is 33.2. The normalized spacial score (nSPS) is 12.5. The van der Waals surface area contributed by atoms with Gasteiger partial charge in [0.15, 0.2) is 5.76 Å². The number of furan rings is 1. The lowest BCUT2D eigenvalue weighted by Gasteiger charge is -2.16. The number of hydrogen-bond donors (Lipinski definition) is 3. The van der Waals surface area contributed by atoms with Crippen LogP contribution in [-0.2, 0) is 14.8 Å². The van der Waals surface area contributed by atoms with Gasteiger partial charge in [-0.1, -0.05) is 56.3 Å². The van der Waals surface area contributed by atoms with Gasteiger partial charge in [0.2, 0.25) is 10.0 Å². The zero-order valence-corrected chi connectivity index (χ0v) is 20.6. The van der Waals surface area contributed by atoms with Gasteiger partial charge in [-0.15, -0.1) is 0 Å². The van der Waals surface area contributed by atoms with Gasteiger partial charge >= 0.3 is 5.97 Å². The average molecular weight is 507 g/mol. The van der Waals surface area contributed by atoms with E-state index in [0.717, 1.165) is 16.5 Å². The van der Waals surface area contributed by atoms with Gasteiger partial charge in [0, 0.05) is 11.1 Å². The van der Waals surface area contributed by atoms with Crippen LogP contribution in [0.15, 0.2) is 88.2 Å². The molecule has 0 aliphatic carbocycles. The summed E-state index contributed by atoms with van der Waals surface area (Å²) in [6.07, 6.45) is 0.186. The van der Waals surface area contributed by atoms with E-state index in [1.165, 1.54) is 12.1 Å². The molecule has 4 rings (SSSR count). The monoisotopic (exact) mass is 506 g/mol. The van der Waals surface area contributed by atoms with Crippen LogP contribution < -0.4 is 10.0 Å². The molecule has 8 nitrogen and oxygen atoms in total. The van der Waals surface area contributed by atoms with Crippen LogP contribution in [-0.4, -0.2) is 31.4 Å². The van der Waals surface area contributed by atoms with Crippen molar-refractivity contribution in [3.8, 4) is 11.1 Å². The molecule has 0 unspecified atom stereocenters. The molecule has 0 saturated heterocycles. The number of carboxylic acid groups (broad SMARTS) is 1. The van der Waals surface area contributed by atoms with Gasteiger partial charge < -0.3 is 14.8 Å². The maximum absolute atomic E-state index is 12.7. The fourth-order valence-electron chi connectivity index (χ4n) is 3.79. The first kappa shape index (κ1) is 25.2. The molecule has 0 spiro atoms. The molecule has 1 atom stereocenters. The lowest BCUT2D eigenvalue weighted by atomic mass is 10.1. The van der Waals surface area contributed by atoms with E-state index in [1.807, 2.05) is 32.0 Å². The van der Waals surface area contributed by atoms with Gasteiger partial charge in [-0.25, -0.2) is 8.42 Å². The Morgan fingerprint density at radius 1 is 0.917 bits per heavy atom. The molecule has 3 aromatic carbocycles. The molecule has 0 saturated carbocycles. The lowest BCUT2D eigenvalue weighted by molar-refractivity contribution is -0.139. The molecule has 0 radical (unpaired) electrons. The highest BCUT2D eigenvalue weighted by atomic mass is 32.2. The summed E-state index contributed by atoms with van der Waals surface area (Å²) in [6.45, 7) is 3.66. The fourth-order valence-corrected chi connectivity index (χ4v) is 4.99. The Morgan fingerprint density at radius 3 is 2.11 bits per heavy atom. The minimum absolute atomic E-state index is 0.0163. The van der Waals surface area contributed by atoms with Gasteiger partial charge in [0.1, 0.15) is 11.6 Å². The second-order valence-electron chi connectivity index (χ2n) is 8.85. The Labute approximate surface area is 209 Å². The van der Waals surface area contributed by atoms with E-state index in [0.29, 0.717) is 11.3 Å². The van der Waals surface area contributed by atoms with Crippen LogP contribution in [0.2, 0.25) is 0 Å². The summed E-state index contributed by atoms with van der Waals surface area (Å²) in [5, 5.41) is 13.0. The van der Waals surface area contributed by atoms with Crippen LogP contribution in [0.4, 0.5) is 5.69 Å². The van der Waals surface area contributed by atoms with Gasteiger partial charge in [0.25, 0.3) is 5.91 Å². The molecule has 9 heteroatoms. The van der Waals surface area contributed by atoms with E-state index < -0.39 is 22.0 Å². The molecular weight excluding hydrogens is 480 g/mol. The third kappa shape index (κ3) is 5.81. The molecule has 36 heavy (non-hydrogen) atoms. The molecule has 3 N–H and O–H groups in total. The number of aliphatic carboxylic acids is 1. The molecule has 0 aliphatic heterocycles. The number of benzene rings is 3. The third-order valence-electron chi connectivity index (χ3n) is 5.59. The van der Waals surface area contributed by atoms with Gasteiger partial charge in [-0.3, -0.25) is 9.59 Å². The average Bonchev–Trinajstić information content (AvgIpc) is 3.28. The topological polar surface area (TPSA) is 126 Å². The van der Waals surface area contributed by atoms with Gasteiger partial charge in [0.05, 0.1) is 4.90 Å². The largest absolute Gasteiger partial charge is 0.480 e. The Bertz CT molecular complexity index is 1460. The number of carboxylic acids is 1. The van der Waals surface area contributed by atoms with Crippen molar-refractivity contribution in [2.75, 3.05) is 5.32 Å². The van der Waals surface area contributed by atoms with Crippen molar-refractivity contribution in [1.29, 1.82) is 0 Å². The molecule has 1 amide bonds. The van der Waals surface area contributed by atoms with Crippen molar-refractivity contribution >= 4 is 38.6 Å². The summed E-state index contributed by atoms with van der Waals surface area (Å²) in [4.78, 5) is 24.0. The van der Waals surface area contributed by atoms with Crippen LogP contribution in [0.25, 0.3) is 22.1 Å². The first-order valence-electron chi connectivity index (χ1n) is 11.4. The summed E-state index contributed by atoms with van der Waals surface area (Å²) in [7, 11) is -3.99. The predicted molar refractivity (Wildman–Crippen MR) is 137 cm³/mol. The highest BCUT2D eigenvalue weighted by Crippen LogP contribution is 2.25. The van der Waals surface area contributed by atoms with Crippen LogP contribution in [0, 0.1) is 5.92 Å². The minimum atomic E-state index is -3.99. The van der Waals surface area contributed by atoms with E-state index in [-0.39, 0.29) is 28.9 Å². The Kier molecular flexibility index (Phi) is 7.23. The summed E-state index contributed by atoms with van der Waals surface area (Å²) >= 11 is 0. The number of sulfonamides is 1. The van der Waals surface area contributed by atoms with Crippen molar-refractivity contribution < 1.29 is 27.5 Å². The first-order chi connectivity index (χ1) is 17.1. The standard InChI is InChI=1S/C27H26N2O6S/c1-17(2)15-23(27(31)32)29-36(33,34)22-13-9-19(10-14-22)18-7-11-21(12-8-18)28-26(30)25-16-20-5-3-4-6-24(20)35-25/h3-14,16-17,23,29H,15H2,1-2H3,(H,28,30)(H,31,32)/t23-/m1/s1. The summed E-state index contributed by atoms with van der Waals surface area (Å²) in [5.74, 6) is -1.35. The molecular formula is C27H26N2O6S. The molecule has 186 valence electrons. The van der Waals surface area contributed by atoms with Crippen molar-refractivity contribution in [2.45, 2.75) is 31.2 Å². The minimum Gasteiger partial charge on any atom is -0.480 e. The number of nitrogens with one attached hydrogen (secondary N) is 2. The van der Waals surface area contributed by atoms with Crippen LogP contribution in [0.3, 0.4) is 0 Å². The zero-order chi connectivity index (χ0) is 25.9. The zero-order valence-electron chi connectivity index (χ0n) is 19.8. The lowest BCUT2D eigenvalue weighted by Crippen LogP contribution is -2.41. The molecule has 1 aromatic heterocycles. The van der Waals surface area contributed by atoms with Gasteiger partial charge in [-0.2, -0.15) is 4.72 Å². The summed E-state index contributed by atoms with van der Waals surface area (Å²) in [6, 6.07) is 21.1. The number of carbonyl (C=O) groups is 2. The molecule has 0 aliphatic rings. The Balaban J connectivity index is 1.44. The van der Waals surface area contributed by atoms with E-state index in [1.54, 1.807) is 48.5 Å². The van der Waals surface area contributed by atoms with Crippen molar-refractivity contribution in [3.63, 3.8) is 0 Å². The Morgan fingerprint density at radius 2 is 1.53 bits per heavy atom. The van der Waals surface area contributed by atoms with Crippen LogP contribution in [0.1, 0.15) is 30.8 Å². The third-order valence-corrected chi connectivity index (χ3v) is 7.08. The number of anilines is 1. The fraction of sp³-hybridized carbons (Fsp3) is 0.185. The first-order valence-corrected chi connectivity index (χ1v) is 12.9. The maximum Gasteiger partial charge on any atom is 0.321 e. The molecule has 0 fully saturated rings. The van der Waals surface area contributed by atoms with Crippen molar-refractivity contribution in [1.82, 2.24) is 4.72 Å². The highest BCUT2D eigenvalue weighted by Gasteiger charge is 2.26. The van der Waals surface area contributed by atoms with E-state index in [2.05, 4.69) is 10.0 Å². The number of para-hydroxylation sites is 1. The van der Waals surface area contributed by atoms with E-state index in [9.17, 15) is 23.1 Å². The van der Waals surface area contributed by atoms with Crippen LogP contribution >= 0.6 is 0 Å². The SMILES string of the molecule is CC(C)C[C@@H](NS(=O)(=O)c1ccc(-c2ccc(NC(=O)c3cc4ccccc4o3)cc2)cc1)C(=O)O. The second-order valence-corrected chi connectivity index (χ2v) is 10.6. The van der Waals surface area contributed by atoms with E-state index in [4.69, 9.17) is 4.42 Å². The van der Waals surface area contributed by atoms with Gasteiger partial charge in [-0.05, 0) is 59.9 Å². The number of fused-ring (bicyclic) bond motifs is 1. The highest BCUT2D eigenvalue weighted by molar-refractivity contribution is 7.89. The number of rotatable bonds is 9. The predicted octanol–water partition coefficient (Wildman–Crippen LogP) is 5.13. The number of amides is 1. The van der Waals surface area contributed by atoms with E-state index >= 15 is 0 Å². The number of hydrogen-bond acceptors (Lipinski definition) is 5.